The summed E-state index contributed by atoms with van der Waals surface area (Å²) in [4.78, 5) is 0. The molecule has 0 saturated carbocycles. The molecule has 5 aromatic carbocycles. The highest BCUT2D eigenvalue weighted by Gasteiger charge is 2.39. The van der Waals surface area contributed by atoms with Crippen LogP contribution in [-0.2, 0) is 30.1 Å². The molecule has 5 rings (SSSR count). The van der Waals surface area contributed by atoms with Gasteiger partial charge in [-0.3, -0.25) is 0 Å². The molecule has 0 amide bonds. The first-order chi connectivity index (χ1) is 23.0. The summed E-state index contributed by atoms with van der Waals surface area (Å²) in [6.45, 7) is 5.07. The molecule has 0 nitrogen and oxygen atoms in total. The molecule has 0 heterocycles. The van der Waals surface area contributed by atoms with Crippen LogP contribution >= 0.6 is 0 Å². The van der Waals surface area contributed by atoms with E-state index in [1.807, 2.05) is 0 Å². The van der Waals surface area contributed by atoms with E-state index in [9.17, 15) is 52.7 Å². The molecule has 0 aliphatic rings. The topological polar surface area (TPSA) is 0 Å². The van der Waals surface area contributed by atoms with Crippen molar-refractivity contribution in [2.75, 3.05) is 0 Å². The predicted octanol–water partition coefficient (Wildman–Crippen LogP) is 13.7. The maximum Gasteiger partial charge on any atom is 0.417 e. The van der Waals surface area contributed by atoms with Gasteiger partial charge in [-0.2, -0.15) is 52.7 Å². The van der Waals surface area contributed by atoms with E-state index < -0.39 is 69.1 Å². The van der Waals surface area contributed by atoms with E-state index in [0.29, 0.717) is 17.7 Å². The second-order valence-electron chi connectivity index (χ2n) is 12.6. The van der Waals surface area contributed by atoms with Crippen LogP contribution in [0.4, 0.5) is 52.7 Å². The van der Waals surface area contributed by atoms with Gasteiger partial charge in [0.1, 0.15) is 0 Å². The standard InChI is InChI=1S/C38H26F12/c1-34(2,3)22-19-29(26-11-6-8-14-31(26)37(45,46)47)33(30(20-22)27-12-7-9-15-32(27)38(48,49)50)28-13-5-4-10-25(28)21-16-23(35(39,40)41)18-24(17-21)36(42,43)44/h4-20H,1-3H3. The van der Waals surface area contributed by atoms with Crippen molar-refractivity contribution in [3.63, 3.8) is 0 Å². The van der Waals surface area contributed by atoms with Crippen LogP contribution in [0.3, 0.4) is 0 Å². The molecule has 0 atom stereocenters. The van der Waals surface area contributed by atoms with E-state index in [1.54, 1.807) is 20.8 Å². The number of halogens is 12. The molecule has 0 bridgehead atoms. The average Bonchev–Trinajstić information content (AvgIpc) is 3.02. The van der Waals surface area contributed by atoms with Gasteiger partial charge in [0.15, 0.2) is 0 Å². The first-order valence-corrected chi connectivity index (χ1v) is 14.9. The average molecular weight is 711 g/mol. The van der Waals surface area contributed by atoms with E-state index in [1.165, 1.54) is 48.5 Å². The normalized spacial score (nSPS) is 13.1. The van der Waals surface area contributed by atoms with Crippen LogP contribution in [-0.4, -0.2) is 0 Å². The second kappa shape index (κ2) is 12.5. The Balaban J connectivity index is 2.04. The number of hydrogen-bond acceptors (Lipinski definition) is 0. The van der Waals surface area contributed by atoms with Crippen LogP contribution < -0.4 is 0 Å². The van der Waals surface area contributed by atoms with Gasteiger partial charge in [-0.05, 0) is 98.0 Å². The third kappa shape index (κ3) is 7.39. The Labute approximate surface area is 279 Å². The summed E-state index contributed by atoms with van der Waals surface area (Å²) in [6, 6.07) is 17.2. The molecule has 0 aliphatic carbocycles. The van der Waals surface area contributed by atoms with Gasteiger partial charge in [-0.25, -0.2) is 0 Å². The Morgan fingerprint density at radius 3 is 1.06 bits per heavy atom. The fourth-order valence-corrected chi connectivity index (χ4v) is 5.78. The summed E-state index contributed by atoms with van der Waals surface area (Å²) in [5, 5.41) is 0. The monoisotopic (exact) mass is 710 g/mol. The minimum Gasteiger partial charge on any atom is -0.166 e. The van der Waals surface area contributed by atoms with Crippen molar-refractivity contribution in [1.29, 1.82) is 0 Å². The molecule has 0 N–H and O–H groups in total. The van der Waals surface area contributed by atoms with Gasteiger partial charge in [-0.1, -0.05) is 81.4 Å². The molecular weight excluding hydrogens is 684 g/mol. The van der Waals surface area contributed by atoms with Gasteiger partial charge in [0, 0.05) is 0 Å². The Morgan fingerprint density at radius 2 is 0.700 bits per heavy atom. The number of hydrogen-bond donors (Lipinski definition) is 0. The molecule has 0 aromatic heterocycles. The van der Waals surface area contributed by atoms with Crippen molar-refractivity contribution >= 4 is 0 Å². The lowest BCUT2D eigenvalue weighted by molar-refractivity contribution is -0.143. The zero-order chi connectivity index (χ0) is 37.0. The predicted molar refractivity (Wildman–Crippen MR) is 167 cm³/mol. The second-order valence-corrected chi connectivity index (χ2v) is 12.6. The first kappa shape index (κ1) is 36.5. The Hall–Kier alpha value is -4.74. The van der Waals surface area contributed by atoms with Crippen LogP contribution in [0.1, 0.15) is 48.6 Å². The molecule has 0 fully saturated rings. The lowest BCUT2D eigenvalue weighted by Crippen LogP contribution is -2.14. The number of rotatable bonds is 4. The minimum atomic E-state index is -5.23. The first-order valence-electron chi connectivity index (χ1n) is 14.9. The molecule has 0 radical (unpaired) electrons. The number of benzene rings is 5. The molecule has 0 spiro atoms. The summed E-state index contributed by atoms with van der Waals surface area (Å²) in [7, 11) is 0. The van der Waals surface area contributed by atoms with Crippen LogP contribution in [0.15, 0.2) is 103 Å². The molecule has 0 aliphatic heterocycles. The van der Waals surface area contributed by atoms with Crippen LogP contribution in [0, 0.1) is 0 Å². The van der Waals surface area contributed by atoms with Crippen LogP contribution in [0.5, 0.6) is 0 Å². The Bertz CT molecular complexity index is 1930. The largest absolute Gasteiger partial charge is 0.417 e. The van der Waals surface area contributed by atoms with Crippen LogP contribution in [0.2, 0.25) is 0 Å². The van der Waals surface area contributed by atoms with Crippen LogP contribution in [0.25, 0.3) is 44.5 Å². The van der Waals surface area contributed by atoms with Gasteiger partial charge in [0.25, 0.3) is 0 Å². The summed E-state index contributed by atoms with van der Waals surface area (Å²) >= 11 is 0. The highest BCUT2D eigenvalue weighted by molar-refractivity contribution is 6.01. The van der Waals surface area contributed by atoms with Gasteiger partial charge in [0.05, 0.1) is 22.3 Å². The minimum absolute atomic E-state index is 0.0692. The maximum absolute atomic E-state index is 14.5. The van der Waals surface area contributed by atoms with E-state index in [4.69, 9.17) is 0 Å². The van der Waals surface area contributed by atoms with Gasteiger partial charge >= 0.3 is 24.7 Å². The van der Waals surface area contributed by atoms with Gasteiger partial charge in [-0.15, -0.1) is 0 Å². The summed E-state index contributed by atoms with van der Waals surface area (Å²) in [5.74, 6) is 0. The van der Waals surface area contributed by atoms with Crippen molar-refractivity contribution in [2.45, 2.75) is 50.9 Å². The smallest absolute Gasteiger partial charge is 0.166 e. The molecule has 0 saturated heterocycles. The molecule has 5 aromatic rings. The summed E-state index contributed by atoms with van der Waals surface area (Å²) < 4.78 is 171. The molecular formula is C38H26F12. The quantitative estimate of drug-likeness (QED) is 0.163. The lowest BCUT2D eigenvalue weighted by atomic mass is 9.77. The van der Waals surface area contributed by atoms with E-state index in [0.717, 1.165) is 36.4 Å². The van der Waals surface area contributed by atoms with E-state index >= 15 is 0 Å². The summed E-state index contributed by atoms with van der Waals surface area (Å²) in [6.07, 6.45) is -20.4. The van der Waals surface area contributed by atoms with E-state index in [2.05, 4.69) is 0 Å². The zero-order valence-corrected chi connectivity index (χ0v) is 26.4. The van der Waals surface area contributed by atoms with Crippen molar-refractivity contribution < 1.29 is 52.7 Å². The van der Waals surface area contributed by atoms with E-state index in [-0.39, 0.29) is 33.9 Å². The molecule has 262 valence electrons. The van der Waals surface area contributed by atoms with Crippen molar-refractivity contribution in [3.8, 4) is 44.5 Å². The molecule has 12 heteroatoms. The third-order valence-electron chi connectivity index (χ3n) is 8.14. The fraction of sp³-hybridized carbons (Fsp3) is 0.211. The third-order valence-corrected chi connectivity index (χ3v) is 8.14. The number of alkyl halides is 12. The molecule has 50 heavy (non-hydrogen) atoms. The van der Waals surface area contributed by atoms with Gasteiger partial charge in [0.2, 0.25) is 0 Å². The Morgan fingerprint density at radius 1 is 0.340 bits per heavy atom. The highest BCUT2D eigenvalue weighted by atomic mass is 19.4. The van der Waals surface area contributed by atoms with Crippen molar-refractivity contribution in [3.05, 3.63) is 131 Å². The highest BCUT2D eigenvalue weighted by Crippen LogP contribution is 2.51. The fourth-order valence-electron chi connectivity index (χ4n) is 5.78. The Kier molecular flexibility index (Phi) is 9.17. The SMILES string of the molecule is CC(C)(C)c1cc(-c2ccccc2C(F)(F)F)c(-c2ccccc2-c2cc(C(F)(F)F)cc(C(F)(F)F)c2)c(-c2ccccc2C(F)(F)F)c1. The summed E-state index contributed by atoms with van der Waals surface area (Å²) in [5.41, 5.74) is -8.86. The molecule has 0 unspecified atom stereocenters. The van der Waals surface area contributed by atoms with Crippen molar-refractivity contribution in [1.82, 2.24) is 0 Å². The maximum atomic E-state index is 14.5. The zero-order valence-electron chi connectivity index (χ0n) is 26.4. The lowest BCUT2D eigenvalue weighted by Gasteiger charge is -2.27. The van der Waals surface area contributed by atoms with Gasteiger partial charge < -0.3 is 0 Å². The van der Waals surface area contributed by atoms with Crippen molar-refractivity contribution in [2.24, 2.45) is 0 Å².